The van der Waals surface area contributed by atoms with E-state index in [1.54, 1.807) is 0 Å². The quantitative estimate of drug-likeness (QED) is 0.705. The van der Waals surface area contributed by atoms with E-state index in [0.717, 1.165) is 22.2 Å². The van der Waals surface area contributed by atoms with Crippen LogP contribution < -0.4 is 0 Å². The number of hydrogen-bond donors (Lipinski definition) is 1. The molecule has 132 valence electrons. The molecule has 0 bridgehead atoms. The summed E-state index contributed by atoms with van der Waals surface area (Å²) >= 11 is 2.64. The van der Waals surface area contributed by atoms with E-state index in [4.69, 9.17) is 5.11 Å². The molecule has 3 rings (SSSR count). The average molecular weight is 407 g/mol. The number of thiophene rings is 1. The summed E-state index contributed by atoms with van der Waals surface area (Å²) in [5.74, 6) is -1.68. The summed E-state index contributed by atoms with van der Waals surface area (Å²) in [4.78, 5) is 14.6. The van der Waals surface area contributed by atoms with Gasteiger partial charge in [-0.05, 0) is 47.7 Å². The van der Waals surface area contributed by atoms with Crippen molar-refractivity contribution < 1.29 is 23.1 Å². The number of aromatic carboxylic acids is 1. The van der Waals surface area contributed by atoms with Crippen LogP contribution >= 0.6 is 34.4 Å². The monoisotopic (exact) mass is 407 g/mol. The third kappa shape index (κ3) is 3.52. The number of carbonyl (C=O) groups is 1. The molecule has 3 aromatic heterocycles. The van der Waals surface area contributed by atoms with Gasteiger partial charge in [-0.2, -0.15) is 17.9 Å². The molecule has 13 heteroatoms. The molecule has 0 saturated carbocycles. The Morgan fingerprint density at radius 3 is 2.56 bits per heavy atom. The van der Waals surface area contributed by atoms with Crippen molar-refractivity contribution in [3.8, 4) is 5.00 Å². The van der Waals surface area contributed by atoms with Crippen molar-refractivity contribution in [2.75, 3.05) is 0 Å². The minimum atomic E-state index is -4.85. The van der Waals surface area contributed by atoms with Gasteiger partial charge in [0.25, 0.3) is 0 Å². The highest BCUT2D eigenvalue weighted by Gasteiger charge is 2.40. The molecule has 0 aliphatic carbocycles. The fourth-order valence-corrected chi connectivity index (χ4v) is 4.72. The summed E-state index contributed by atoms with van der Waals surface area (Å²) in [7, 11) is 0. The lowest BCUT2D eigenvalue weighted by molar-refractivity contribution is -0.141. The molecular formula is C12H8F3N5O2S3. The van der Waals surface area contributed by atoms with Crippen LogP contribution in [0.4, 0.5) is 13.2 Å². The van der Waals surface area contributed by atoms with E-state index in [-0.39, 0.29) is 9.50 Å². The zero-order valence-corrected chi connectivity index (χ0v) is 15.0. The number of halogens is 3. The van der Waals surface area contributed by atoms with Gasteiger partial charge in [0.15, 0.2) is 10.0 Å². The molecule has 7 nitrogen and oxygen atoms in total. The summed E-state index contributed by atoms with van der Waals surface area (Å²) in [5, 5.41) is 21.0. The van der Waals surface area contributed by atoms with Crippen LogP contribution in [0.5, 0.6) is 0 Å². The molecular weight excluding hydrogens is 399 g/mol. The second-order valence-electron chi connectivity index (χ2n) is 4.76. The minimum Gasteiger partial charge on any atom is -0.477 e. The maximum Gasteiger partial charge on any atom is 0.435 e. The summed E-state index contributed by atoms with van der Waals surface area (Å²) in [6.45, 7) is 3.85. The van der Waals surface area contributed by atoms with E-state index in [1.165, 1.54) is 16.0 Å². The van der Waals surface area contributed by atoms with Crippen molar-refractivity contribution in [1.82, 2.24) is 25.2 Å². The highest BCUT2D eigenvalue weighted by Crippen LogP contribution is 2.39. The Labute approximate surface area is 150 Å². The molecule has 0 radical (unpaired) electrons. The third-order valence-electron chi connectivity index (χ3n) is 3.05. The highest BCUT2D eigenvalue weighted by atomic mass is 32.2. The van der Waals surface area contributed by atoms with Gasteiger partial charge in [0, 0.05) is 4.88 Å². The zero-order chi connectivity index (χ0) is 18.4. The molecule has 0 aliphatic heterocycles. The van der Waals surface area contributed by atoms with Gasteiger partial charge >= 0.3 is 12.1 Å². The summed E-state index contributed by atoms with van der Waals surface area (Å²) in [6, 6.07) is 1.85. The van der Waals surface area contributed by atoms with Crippen LogP contribution in [0.25, 0.3) is 5.00 Å². The Hall–Kier alpha value is -1.99. The Bertz CT molecular complexity index is 927. The Morgan fingerprint density at radius 2 is 2.04 bits per heavy atom. The summed E-state index contributed by atoms with van der Waals surface area (Å²) in [6.07, 6.45) is -4.85. The number of nitrogens with zero attached hydrogens (tertiary/aromatic N) is 5. The van der Waals surface area contributed by atoms with Gasteiger partial charge in [0.2, 0.25) is 5.16 Å². The van der Waals surface area contributed by atoms with Crippen molar-refractivity contribution in [3.05, 3.63) is 27.1 Å². The fraction of sp³-hybridized carbons (Fsp3) is 0.250. The number of carboxylic acids is 1. The number of carboxylic acid groups (broad SMARTS) is 1. The molecule has 0 aromatic carbocycles. The van der Waals surface area contributed by atoms with E-state index in [0.29, 0.717) is 16.3 Å². The Morgan fingerprint density at radius 1 is 1.32 bits per heavy atom. The molecule has 25 heavy (non-hydrogen) atoms. The van der Waals surface area contributed by atoms with Crippen molar-refractivity contribution in [2.24, 2.45) is 0 Å². The maximum atomic E-state index is 12.9. The van der Waals surface area contributed by atoms with Crippen LogP contribution in [-0.2, 0) is 6.18 Å². The lowest BCUT2D eigenvalue weighted by Gasteiger charge is -2.02. The number of tetrazole rings is 1. The molecule has 3 heterocycles. The topological polar surface area (TPSA) is 93.8 Å². The first kappa shape index (κ1) is 17.8. The van der Waals surface area contributed by atoms with Crippen LogP contribution in [0.1, 0.15) is 25.8 Å². The van der Waals surface area contributed by atoms with Gasteiger partial charge in [-0.15, -0.1) is 16.4 Å². The molecule has 1 N–H and O–H groups in total. The highest BCUT2D eigenvalue weighted by molar-refractivity contribution is 8.00. The predicted molar refractivity (Wildman–Crippen MR) is 84.7 cm³/mol. The van der Waals surface area contributed by atoms with Crippen molar-refractivity contribution >= 4 is 40.4 Å². The Balaban J connectivity index is 1.97. The molecule has 0 atom stereocenters. The van der Waals surface area contributed by atoms with Gasteiger partial charge < -0.3 is 5.11 Å². The predicted octanol–water partition coefficient (Wildman–Crippen LogP) is 3.67. The number of rotatable bonds is 4. The molecule has 0 aliphatic rings. The first-order valence-electron chi connectivity index (χ1n) is 6.51. The standard InChI is InChI=1S/C12H8F3N5O2S3/c1-4-3-6(23-5(4)2)20-10(17-18-19-20)25-11-16-8(12(13,14)15)7(24-11)9(21)22/h3H,1-2H3,(H,21,22). The van der Waals surface area contributed by atoms with Crippen LogP contribution in [0, 0.1) is 13.8 Å². The van der Waals surface area contributed by atoms with E-state index in [9.17, 15) is 18.0 Å². The van der Waals surface area contributed by atoms with Crippen LogP contribution in [0.2, 0.25) is 0 Å². The van der Waals surface area contributed by atoms with Crippen molar-refractivity contribution in [3.63, 3.8) is 0 Å². The van der Waals surface area contributed by atoms with Gasteiger partial charge in [0.1, 0.15) is 9.88 Å². The molecule has 0 saturated heterocycles. The van der Waals surface area contributed by atoms with Gasteiger partial charge in [-0.1, -0.05) is 11.3 Å². The van der Waals surface area contributed by atoms with Crippen LogP contribution in [0.3, 0.4) is 0 Å². The molecule has 0 fully saturated rings. The maximum absolute atomic E-state index is 12.9. The van der Waals surface area contributed by atoms with Crippen LogP contribution in [-0.4, -0.2) is 36.3 Å². The van der Waals surface area contributed by atoms with E-state index in [1.807, 2.05) is 19.9 Å². The second-order valence-corrected chi connectivity index (χ2v) is 8.21. The number of aromatic nitrogens is 5. The first-order chi connectivity index (χ1) is 11.7. The second kappa shape index (κ2) is 6.38. The van der Waals surface area contributed by atoms with Gasteiger partial charge in [-0.25, -0.2) is 9.78 Å². The smallest absolute Gasteiger partial charge is 0.435 e. The van der Waals surface area contributed by atoms with E-state index in [2.05, 4.69) is 20.5 Å². The van der Waals surface area contributed by atoms with E-state index >= 15 is 0 Å². The molecule has 0 unspecified atom stereocenters. The van der Waals surface area contributed by atoms with Crippen molar-refractivity contribution in [2.45, 2.75) is 29.5 Å². The third-order valence-corrected chi connectivity index (χ3v) is 6.22. The lowest BCUT2D eigenvalue weighted by atomic mass is 10.3. The summed E-state index contributed by atoms with van der Waals surface area (Å²) < 4.78 is 40.0. The fourth-order valence-electron chi connectivity index (χ4n) is 1.80. The summed E-state index contributed by atoms with van der Waals surface area (Å²) in [5.41, 5.74) is -0.387. The number of hydrogen-bond acceptors (Lipinski definition) is 8. The Kier molecular flexibility index (Phi) is 4.55. The number of alkyl halides is 3. The minimum absolute atomic E-state index is 0.106. The van der Waals surface area contributed by atoms with Crippen molar-refractivity contribution in [1.29, 1.82) is 0 Å². The molecule has 0 amide bonds. The molecule has 3 aromatic rings. The SMILES string of the molecule is Cc1cc(-n2nnnc2Sc2nc(C(F)(F)F)c(C(=O)O)s2)sc1C. The number of thiazole rings is 1. The molecule has 0 spiro atoms. The van der Waals surface area contributed by atoms with Crippen LogP contribution in [0.15, 0.2) is 15.6 Å². The number of aryl methyl sites for hydroxylation is 2. The largest absolute Gasteiger partial charge is 0.477 e. The lowest BCUT2D eigenvalue weighted by Crippen LogP contribution is -2.11. The normalized spacial score (nSPS) is 11.9. The van der Waals surface area contributed by atoms with Gasteiger partial charge in [-0.3, -0.25) is 0 Å². The van der Waals surface area contributed by atoms with Gasteiger partial charge in [0.05, 0.1) is 0 Å². The average Bonchev–Trinajstić information content (AvgIpc) is 3.19. The van der Waals surface area contributed by atoms with E-state index < -0.39 is 22.7 Å². The zero-order valence-electron chi connectivity index (χ0n) is 12.5. The first-order valence-corrected chi connectivity index (χ1v) is 8.96.